The molecule has 2 rings (SSSR count). The highest BCUT2D eigenvalue weighted by Gasteiger charge is 2.05. The zero-order valence-corrected chi connectivity index (χ0v) is 9.83. The van der Waals surface area contributed by atoms with Crippen LogP contribution >= 0.6 is 0 Å². The van der Waals surface area contributed by atoms with Crippen LogP contribution in [0.4, 0.5) is 0 Å². The van der Waals surface area contributed by atoms with Gasteiger partial charge in [-0.3, -0.25) is 4.68 Å². The van der Waals surface area contributed by atoms with Crippen molar-refractivity contribution in [3.8, 4) is 11.8 Å². The molecule has 0 saturated heterocycles. The van der Waals surface area contributed by atoms with Gasteiger partial charge in [0.15, 0.2) is 0 Å². The lowest BCUT2D eigenvalue weighted by Crippen LogP contribution is -2.04. The first-order valence-electron chi connectivity index (χ1n) is 5.31. The second kappa shape index (κ2) is 5.64. The normalized spacial score (nSPS) is 9.39. The van der Waals surface area contributed by atoms with Crippen LogP contribution in [-0.2, 0) is 11.3 Å². The van der Waals surface area contributed by atoms with Gasteiger partial charge in [0.05, 0.1) is 7.11 Å². The van der Waals surface area contributed by atoms with Gasteiger partial charge in [0, 0.05) is 12.4 Å². The Morgan fingerprint density at radius 2 is 2.33 bits per heavy atom. The number of methoxy groups -OCH3 is 1. The molecule has 0 saturated carbocycles. The fourth-order valence-electron chi connectivity index (χ4n) is 1.33. The first-order chi connectivity index (χ1) is 8.79. The predicted octanol–water partition coefficient (Wildman–Crippen LogP) is 1.12. The standard InChI is InChI=1S/C13H11N3O2/c1-18-13(17)12-7-2-5-11(15-12)6-3-9-16-10-4-8-14-16/h2,4-5,7-8,10H,9H2,1H3. The van der Waals surface area contributed by atoms with Crippen molar-refractivity contribution in [2.45, 2.75) is 6.54 Å². The van der Waals surface area contributed by atoms with Crippen molar-refractivity contribution in [3.63, 3.8) is 0 Å². The van der Waals surface area contributed by atoms with Gasteiger partial charge >= 0.3 is 5.97 Å². The van der Waals surface area contributed by atoms with Gasteiger partial charge in [0.25, 0.3) is 0 Å². The zero-order chi connectivity index (χ0) is 12.8. The van der Waals surface area contributed by atoms with E-state index in [9.17, 15) is 4.79 Å². The number of rotatable bonds is 2. The molecule has 0 aliphatic rings. The minimum atomic E-state index is -0.467. The molecule has 0 amide bonds. The molecule has 5 heteroatoms. The number of hydrogen-bond acceptors (Lipinski definition) is 4. The van der Waals surface area contributed by atoms with E-state index in [2.05, 4.69) is 26.7 Å². The molecule has 0 bridgehead atoms. The van der Waals surface area contributed by atoms with Crippen LogP contribution in [0.3, 0.4) is 0 Å². The summed E-state index contributed by atoms with van der Waals surface area (Å²) in [5.74, 6) is 5.33. The summed E-state index contributed by atoms with van der Waals surface area (Å²) in [7, 11) is 1.32. The molecule has 0 radical (unpaired) electrons. The second-order valence-electron chi connectivity index (χ2n) is 3.41. The summed E-state index contributed by atoms with van der Waals surface area (Å²) < 4.78 is 6.30. The number of hydrogen-bond donors (Lipinski definition) is 0. The SMILES string of the molecule is COC(=O)c1cccc(C#CCn2cccn2)n1. The summed E-state index contributed by atoms with van der Waals surface area (Å²) >= 11 is 0. The van der Waals surface area contributed by atoms with Gasteiger partial charge in [-0.25, -0.2) is 9.78 Å². The Balaban J connectivity index is 2.10. The van der Waals surface area contributed by atoms with Crippen molar-refractivity contribution >= 4 is 5.97 Å². The van der Waals surface area contributed by atoms with Gasteiger partial charge in [0.2, 0.25) is 0 Å². The Labute approximate surface area is 104 Å². The Hall–Kier alpha value is -2.61. The van der Waals surface area contributed by atoms with Crippen LogP contribution in [-0.4, -0.2) is 27.8 Å². The van der Waals surface area contributed by atoms with E-state index in [1.165, 1.54) is 7.11 Å². The Morgan fingerprint density at radius 3 is 3.06 bits per heavy atom. The summed E-state index contributed by atoms with van der Waals surface area (Å²) in [5.41, 5.74) is 0.786. The lowest BCUT2D eigenvalue weighted by Gasteiger charge is -1.97. The molecule has 0 N–H and O–H groups in total. The van der Waals surface area contributed by atoms with E-state index in [1.54, 1.807) is 29.1 Å². The van der Waals surface area contributed by atoms with Gasteiger partial charge in [-0.05, 0) is 24.1 Å². The number of ether oxygens (including phenoxy) is 1. The van der Waals surface area contributed by atoms with Gasteiger partial charge in [-0.15, -0.1) is 0 Å². The number of esters is 1. The maximum Gasteiger partial charge on any atom is 0.356 e. The van der Waals surface area contributed by atoms with Crippen LogP contribution in [0.25, 0.3) is 0 Å². The van der Waals surface area contributed by atoms with Crippen LogP contribution < -0.4 is 0 Å². The summed E-state index contributed by atoms with van der Waals surface area (Å²) in [4.78, 5) is 15.4. The summed E-state index contributed by atoms with van der Waals surface area (Å²) in [6.45, 7) is 0.483. The minimum Gasteiger partial charge on any atom is -0.464 e. The summed E-state index contributed by atoms with van der Waals surface area (Å²) in [5, 5.41) is 4.03. The third-order valence-corrected chi connectivity index (χ3v) is 2.16. The second-order valence-corrected chi connectivity index (χ2v) is 3.41. The molecule has 2 aromatic heterocycles. The van der Waals surface area contributed by atoms with Crippen molar-refractivity contribution < 1.29 is 9.53 Å². The van der Waals surface area contributed by atoms with E-state index in [-0.39, 0.29) is 5.69 Å². The first kappa shape index (κ1) is 11.9. The van der Waals surface area contributed by atoms with Crippen molar-refractivity contribution in [2.75, 3.05) is 7.11 Å². The molecule has 0 atom stereocenters. The fraction of sp³-hybridized carbons (Fsp3) is 0.154. The zero-order valence-electron chi connectivity index (χ0n) is 9.83. The van der Waals surface area contributed by atoms with Crippen LogP contribution in [0.2, 0.25) is 0 Å². The molecule has 2 heterocycles. The quantitative estimate of drug-likeness (QED) is 0.584. The van der Waals surface area contributed by atoms with E-state index in [0.717, 1.165) is 0 Å². The predicted molar refractivity (Wildman–Crippen MR) is 64.7 cm³/mol. The molecule has 0 aliphatic heterocycles. The summed E-state index contributed by atoms with van der Waals surface area (Å²) in [6.07, 6.45) is 3.52. The maximum atomic E-state index is 11.3. The molecule has 18 heavy (non-hydrogen) atoms. The highest BCUT2D eigenvalue weighted by atomic mass is 16.5. The third-order valence-electron chi connectivity index (χ3n) is 2.16. The molecular weight excluding hydrogens is 230 g/mol. The molecule has 0 aromatic carbocycles. The van der Waals surface area contributed by atoms with Gasteiger partial charge in [-0.2, -0.15) is 5.10 Å². The Bertz CT molecular complexity index is 594. The van der Waals surface area contributed by atoms with Crippen molar-refractivity contribution in [1.29, 1.82) is 0 Å². The van der Waals surface area contributed by atoms with Gasteiger partial charge in [-0.1, -0.05) is 12.0 Å². The minimum absolute atomic E-state index is 0.253. The van der Waals surface area contributed by atoms with Crippen molar-refractivity contribution in [2.24, 2.45) is 0 Å². The third kappa shape index (κ3) is 2.95. The van der Waals surface area contributed by atoms with Gasteiger partial charge < -0.3 is 4.74 Å². The number of aromatic nitrogens is 3. The van der Waals surface area contributed by atoms with Gasteiger partial charge in [0.1, 0.15) is 17.9 Å². The average molecular weight is 241 g/mol. The van der Waals surface area contributed by atoms with E-state index in [0.29, 0.717) is 12.2 Å². The molecule has 0 unspecified atom stereocenters. The fourth-order valence-corrected chi connectivity index (χ4v) is 1.33. The van der Waals surface area contributed by atoms with Crippen molar-refractivity contribution in [3.05, 3.63) is 48.0 Å². The Kier molecular flexibility index (Phi) is 3.72. The van der Waals surface area contributed by atoms with Crippen LogP contribution in [0.5, 0.6) is 0 Å². The Morgan fingerprint density at radius 1 is 1.44 bits per heavy atom. The summed E-state index contributed by atoms with van der Waals surface area (Å²) in [6, 6.07) is 6.88. The smallest absolute Gasteiger partial charge is 0.356 e. The van der Waals surface area contributed by atoms with E-state index in [4.69, 9.17) is 0 Å². The molecular formula is C13H11N3O2. The molecule has 2 aromatic rings. The topological polar surface area (TPSA) is 57.0 Å². The van der Waals surface area contributed by atoms with E-state index >= 15 is 0 Å². The molecule has 0 aliphatic carbocycles. The van der Waals surface area contributed by atoms with E-state index in [1.807, 2.05) is 12.3 Å². The number of pyridine rings is 1. The van der Waals surface area contributed by atoms with Crippen LogP contribution in [0.15, 0.2) is 36.7 Å². The van der Waals surface area contributed by atoms with Crippen LogP contribution in [0.1, 0.15) is 16.2 Å². The molecule has 0 fully saturated rings. The highest BCUT2D eigenvalue weighted by molar-refractivity contribution is 5.87. The van der Waals surface area contributed by atoms with Crippen LogP contribution in [0, 0.1) is 11.8 Å². The molecule has 5 nitrogen and oxygen atoms in total. The number of carbonyl (C=O) groups is 1. The lowest BCUT2D eigenvalue weighted by atomic mass is 10.3. The maximum absolute atomic E-state index is 11.3. The highest BCUT2D eigenvalue weighted by Crippen LogP contribution is 1.99. The largest absolute Gasteiger partial charge is 0.464 e. The van der Waals surface area contributed by atoms with Crippen molar-refractivity contribution in [1.82, 2.24) is 14.8 Å². The lowest BCUT2D eigenvalue weighted by molar-refractivity contribution is 0.0594. The average Bonchev–Trinajstić information content (AvgIpc) is 2.91. The number of carbonyl (C=O) groups excluding carboxylic acids is 1. The van der Waals surface area contributed by atoms with E-state index < -0.39 is 5.97 Å². The monoisotopic (exact) mass is 241 g/mol. The first-order valence-corrected chi connectivity index (χ1v) is 5.31. The molecule has 90 valence electrons. The number of nitrogens with zero attached hydrogens (tertiary/aromatic N) is 3. The molecule has 0 spiro atoms.